The number of ketones is 1. The molecule has 4 aliphatic rings. The van der Waals surface area contributed by atoms with Crippen molar-refractivity contribution in [2.75, 3.05) is 6.54 Å². The lowest BCUT2D eigenvalue weighted by Crippen LogP contribution is -2.65. The van der Waals surface area contributed by atoms with Crippen LogP contribution in [0.1, 0.15) is 91.5 Å². The summed E-state index contributed by atoms with van der Waals surface area (Å²) in [7, 11) is -0.550. The van der Waals surface area contributed by atoms with Crippen LogP contribution in [0.15, 0.2) is 35.3 Å². The van der Waals surface area contributed by atoms with Crippen LogP contribution in [0.2, 0.25) is 0 Å². The Morgan fingerprint density at radius 2 is 1.91 bits per heavy atom. The van der Waals surface area contributed by atoms with E-state index in [4.69, 9.17) is 15.0 Å². The number of benzene rings is 1. The van der Waals surface area contributed by atoms with Crippen molar-refractivity contribution in [2.45, 2.75) is 110 Å². The van der Waals surface area contributed by atoms with E-state index in [2.05, 4.69) is 44.9 Å². The van der Waals surface area contributed by atoms with E-state index in [-0.39, 0.29) is 59.6 Å². The Morgan fingerprint density at radius 1 is 1.18 bits per heavy atom. The lowest BCUT2D eigenvalue weighted by molar-refractivity contribution is -0.525. The first kappa shape index (κ1) is 33.9. The van der Waals surface area contributed by atoms with E-state index in [1.165, 1.54) is 5.56 Å². The zero-order valence-corrected chi connectivity index (χ0v) is 26.9. The summed E-state index contributed by atoms with van der Waals surface area (Å²) >= 11 is 0. The van der Waals surface area contributed by atoms with Gasteiger partial charge >= 0.3 is 7.12 Å². The Balaban J connectivity index is 1.40. The number of hydrazine groups is 1. The highest BCUT2D eigenvalue weighted by atomic mass is 16.7. The number of carbonyl (C=O) groups excluding carboxylic acids is 2. The summed E-state index contributed by atoms with van der Waals surface area (Å²) in [6, 6.07) is 10.0. The number of nitrogens with zero attached hydrogens (tertiary/aromatic N) is 2. The van der Waals surface area contributed by atoms with Gasteiger partial charge in [-0.3, -0.25) is 9.59 Å². The number of hydrogen-bond donors (Lipinski definition) is 3. The first-order valence-corrected chi connectivity index (χ1v) is 16.2. The van der Waals surface area contributed by atoms with Gasteiger partial charge in [-0.25, -0.2) is 15.1 Å². The largest absolute Gasteiger partial charge is 0.481 e. The monoisotopic (exact) mass is 611 g/mol. The van der Waals surface area contributed by atoms with Crippen molar-refractivity contribution in [3.63, 3.8) is 0 Å². The lowest BCUT2D eigenvalue weighted by Gasteiger charge is -2.64. The van der Waals surface area contributed by atoms with Gasteiger partial charge in [-0.15, -0.1) is 0 Å². The van der Waals surface area contributed by atoms with E-state index >= 15 is 0 Å². The molecule has 2 bridgehead atoms. The highest BCUT2D eigenvalue weighted by molar-refractivity contribution is 6.47. The second-order valence-electron chi connectivity index (χ2n) is 14.1. The van der Waals surface area contributed by atoms with Gasteiger partial charge < -0.3 is 20.4 Å². The van der Waals surface area contributed by atoms with Gasteiger partial charge in [0.25, 0.3) is 5.96 Å². The number of hydrogen-bond acceptors (Lipinski definition) is 7. The normalized spacial score (nSPS) is 26.8. The molecule has 44 heavy (non-hydrogen) atoms. The van der Waals surface area contributed by atoms with Gasteiger partial charge in [-0.2, -0.15) is 0 Å². The molecule has 1 aliphatic heterocycles. The summed E-state index contributed by atoms with van der Waals surface area (Å²) in [5.41, 5.74) is 8.38. The molecule has 1 amide bonds. The standard InChI is InChI=1S/C32H50BN5O6/c1-21(2)17-28(33-43-27-20-24-19-26(31(24,3)4)32(27,5)44-33)36-29(40)23(14-10-16-35-30(34)37-38(41)42)18-25(39)15-9-13-22-11-7-6-8-12-22/h6-8,11-12,21,23-24,26-28H,9-10,13-20H2,1-5H3,(H,36,40)(H3,34,35,37)/t23-,24+,26+,27-,28+,32+/m1/s1. The number of carbonyl (C=O) groups is 2. The third-order valence-electron chi connectivity index (χ3n) is 10.2. The maximum absolute atomic E-state index is 13.8. The number of nitrogens with two attached hydrogens (primary N) is 1. The zero-order valence-electron chi connectivity index (χ0n) is 26.9. The van der Waals surface area contributed by atoms with Crippen LogP contribution in [-0.2, 0) is 25.3 Å². The second-order valence-corrected chi connectivity index (χ2v) is 14.1. The van der Waals surface area contributed by atoms with E-state index in [9.17, 15) is 19.7 Å². The van der Waals surface area contributed by atoms with Gasteiger partial charge in [0.1, 0.15) is 5.78 Å². The third kappa shape index (κ3) is 8.18. The fraction of sp³-hybridized carbons (Fsp3) is 0.719. The zero-order chi connectivity index (χ0) is 32.1. The van der Waals surface area contributed by atoms with Gasteiger partial charge in [0.05, 0.1) is 17.6 Å². The predicted octanol–water partition coefficient (Wildman–Crippen LogP) is 4.26. The van der Waals surface area contributed by atoms with Crippen molar-refractivity contribution in [1.82, 2.24) is 10.7 Å². The number of nitro groups is 1. The summed E-state index contributed by atoms with van der Waals surface area (Å²) in [5, 5.41) is 13.1. The molecule has 1 aromatic rings. The molecular weight excluding hydrogens is 561 g/mol. The van der Waals surface area contributed by atoms with Crippen molar-refractivity contribution < 1.29 is 23.9 Å². The molecule has 4 fully saturated rings. The van der Waals surface area contributed by atoms with Crippen molar-refractivity contribution in [2.24, 2.45) is 39.8 Å². The van der Waals surface area contributed by atoms with Gasteiger partial charge in [0.2, 0.25) is 5.91 Å². The Bertz CT molecular complexity index is 1200. The molecule has 3 aliphatic carbocycles. The van der Waals surface area contributed by atoms with Crippen LogP contribution in [-0.4, -0.2) is 54.0 Å². The second kappa shape index (κ2) is 14.4. The van der Waals surface area contributed by atoms with E-state index in [0.717, 1.165) is 19.3 Å². The fourth-order valence-corrected chi connectivity index (χ4v) is 7.62. The summed E-state index contributed by atoms with van der Waals surface area (Å²) in [5.74, 6) is -0.0516. The highest BCUT2D eigenvalue weighted by Crippen LogP contribution is 2.65. The number of amides is 1. The molecular formula is C32H50BN5O6. The Morgan fingerprint density at radius 3 is 2.57 bits per heavy atom. The number of guanidine groups is 1. The van der Waals surface area contributed by atoms with Crippen LogP contribution in [0.5, 0.6) is 0 Å². The number of Topliss-reactive ketones (excluding diaryl/α,β-unsaturated/α-hetero) is 1. The number of aryl methyl sites for hydroxylation is 1. The van der Waals surface area contributed by atoms with Crippen molar-refractivity contribution in [3.8, 4) is 0 Å². The van der Waals surface area contributed by atoms with E-state index in [0.29, 0.717) is 43.9 Å². The minimum Gasteiger partial charge on any atom is -0.404 e. The summed E-state index contributed by atoms with van der Waals surface area (Å²) < 4.78 is 13.3. The molecule has 0 unspecified atom stereocenters. The van der Waals surface area contributed by atoms with E-state index in [1.807, 2.05) is 35.8 Å². The van der Waals surface area contributed by atoms with Crippen LogP contribution < -0.4 is 16.5 Å². The molecule has 1 aromatic carbocycles. The highest BCUT2D eigenvalue weighted by Gasteiger charge is 2.68. The number of nitrogens with one attached hydrogen (secondary N) is 2. The van der Waals surface area contributed by atoms with Crippen LogP contribution in [0.25, 0.3) is 0 Å². The maximum atomic E-state index is 13.8. The van der Waals surface area contributed by atoms with E-state index < -0.39 is 18.1 Å². The van der Waals surface area contributed by atoms with Crippen LogP contribution in [0, 0.1) is 39.2 Å². The predicted molar refractivity (Wildman–Crippen MR) is 170 cm³/mol. The van der Waals surface area contributed by atoms with Crippen LogP contribution >= 0.6 is 0 Å². The first-order valence-electron chi connectivity index (χ1n) is 16.2. The SMILES string of the molecule is CC(C)C[C@H](NC(=O)[C@H](CCCN=C(N)N[N+](=O)[O-])CC(=O)CCCc1ccccc1)B1O[C@@H]2C[C@@H]3C[C@@H](C3(C)C)[C@]2(C)O1. The quantitative estimate of drug-likeness (QED) is 0.0625. The molecule has 6 atom stereocenters. The van der Waals surface area contributed by atoms with Gasteiger partial charge in [0, 0.05) is 25.3 Å². The van der Waals surface area contributed by atoms with Crippen molar-refractivity contribution in [1.29, 1.82) is 0 Å². The third-order valence-corrected chi connectivity index (χ3v) is 10.2. The molecule has 1 heterocycles. The average molecular weight is 612 g/mol. The molecule has 0 spiro atoms. The average Bonchev–Trinajstić information content (AvgIpc) is 3.31. The molecule has 1 saturated heterocycles. The molecule has 4 N–H and O–H groups in total. The fourth-order valence-electron chi connectivity index (χ4n) is 7.62. The first-order chi connectivity index (χ1) is 20.8. The van der Waals surface area contributed by atoms with Crippen LogP contribution in [0.4, 0.5) is 0 Å². The van der Waals surface area contributed by atoms with Gasteiger partial charge in [-0.1, -0.05) is 63.5 Å². The minimum absolute atomic E-state index is 0.00826. The molecule has 0 aromatic heterocycles. The topological polar surface area (TPSA) is 158 Å². The summed E-state index contributed by atoms with van der Waals surface area (Å²) in [4.78, 5) is 41.5. The Hall–Kier alpha value is -2.99. The molecule has 12 heteroatoms. The van der Waals surface area contributed by atoms with Gasteiger partial charge in [0.15, 0.2) is 5.03 Å². The summed E-state index contributed by atoms with van der Waals surface area (Å²) in [6.07, 6.45) is 5.66. The van der Waals surface area contributed by atoms with Crippen LogP contribution in [0.3, 0.4) is 0 Å². The Labute approximate surface area is 261 Å². The molecule has 5 rings (SSSR count). The molecule has 3 saturated carbocycles. The molecule has 242 valence electrons. The van der Waals surface area contributed by atoms with Gasteiger partial charge in [-0.05, 0) is 80.6 Å². The summed E-state index contributed by atoms with van der Waals surface area (Å²) in [6.45, 7) is 11.2. The number of rotatable bonds is 16. The van der Waals surface area contributed by atoms with Crippen molar-refractivity contribution >= 4 is 24.8 Å². The van der Waals surface area contributed by atoms with E-state index in [1.54, 1.807) is 0 Å². The Kier molecular flexibility index (Phi) is 11.1. The maximum Gasteiger partial charge on any atom is 0.481 e. The smallest absolute Gasteiger partial charge is 0.404 e. The van der Waals surface area contributed by atoms with Crippen molar-refractivity contribution in [3.05, 3.63) is 46.0 Å². The molecule has 11 nitrogen and oxygen atoms in total. The minimum atomic E-state index is -0.772. The number of aliphatic imine (C=N–C) groups is 1. The lowest BCUT2D eigenvalue weighted by atomic mass is 9.43. The molecule has 0 radical (unpaired) electrons.